The maximum Gasteiger partial charge on any atom is 0.336 e. The molecule has 0 amide bonds. The minimum Gasteiger partial charge on any atom is -0.422 e. The first-order chi connectivity index (χ1) is 13.0. The monoisotopic (exact) mass is 382 g/mol. The van der Waals surface area contributed by atoms with Crippen molar-refractivity contribution in [1.82, 2.24) is 4.90 Å². The lowest BCUT2D eigenvalue weighted by Crippen LogP contribution is -2.46. The summed E-state index contributed by atoms with van der Waals surface area (Å²) in [6, 6.07) is 13.8. The van der Waals surface area contributed by atoms with Gasteiger partial charge in [-0.1, -0.05) is 29.8 Å². The predicted molar refractivity (Wildman–Crippen MR) is 111 cm³/mol. The zero-order valence-corrected chi connectivity index (χ0v) is 16.4. The molecule has 1 aromatic heterocycles. The molecule has 0 atom stereocenters. The summed E-state index contributed by atoms with van der Waals surface area (Å²) >= 11 is 6.12. The molecule has 0 bridgehead atoms. The van der Waals surface area contributed by atoms with E-state index in [1.165, 1.54) is 5.69 Å². The summed E-state index contributed by atoms with van der Waals surface area (Å²) in [5.74, 6) is 0. The van der Waals surface area contributed by atoms with Crippen LogP contribution in [0, 0.1) is 13.8 Å². The van der Waals surface area contributed by atoms with Gasteiger partial charge in [-0.25, -0.2) is 4.79 Å². The minimum atomic E-state index is -0.274. The number of aryl methyl sites for hydroxylation is 2. The maximum atomic E-state index is 12.1. The summed E-state index contributed by atoms with van der Waals surface area (Å²) in [6.45, 7) is 8.58. The van der Waals surface area contributed by atoms with Crippen LogP contribution in [0.25, 0.3) is 11.0 Å². The van der Waals surface area contributed by atoms with Crippen LogP contribution in [-0.4, -0.2) is 31.1 Å². The Morgan fingerprint density at radius 2 is 1.81 bits per heavy atom. The van der Waals surface area contributed by atoms with Crippen LogP contribution in [0.3, 0.4) is 0 Å². The van der Waals surface area contributed by atoms with Crippen molar-refractivity contribution in [2.75, 3.05) is 31.1 Å². The van der Waals surface area contributed by atoms with Gasteiger partial charge in [-0.3, -0.25) is 4.90 Å². The second kappa shape index (κ2) is 7.37. The maximum absolute atomic E-state index is 12.1. The minimum absolute atomic E-state index is 0.274. The number of piperazine rings is 1. The third-order valence-corrected chi connectivity index (χ3v) is 5.69. The van der Waals surface area contributed by atoms with Gasteiger partial charge in [-0.15, -0.1) is 0 Å². The average Bonchev–Trinajstić information content (AvgIpc) is 2.66. The Bertz CT molecular complexity index is 1040. The van der Waals surface area contributed by atoms with Gasteiger partial charge in [-0.05, 0) is 48.7 Å². The molecule has 4 nitrogen and oxygen atoms in total. The second-order valence-corrected chi connectivity index (χ2v) is 7.65. The van der Waals surface area contributed by atoms with Crippen molar-refractivity contribution in [3.63, 3.8) is 0 Å². The van der Waals surface area contributed by atoms with E-state index in [2.05, 4.69) is 28.0 Å². The molecule has 1 fully saturated rings. The standard InChI is InChI=1S/C22H23ClN2O2/c1-15-6-7-20-17(12-21(26)27-22(20)16(15)2)14-24-8-10-25(11-9-24)19-5-3-4-18(23)13-19/h3-7,12-13H,8-11,14H2,1-2H3. The lowest BCUT2D eigenvalue weighted by molar-refractivity contribution is 0.250. The van der Waals surface area contributed by atoms with Crippen LogP contribution in [0.1, 0.15) is 16.7 Å². The van der Waals surface area contributed by atoms with Crippen molar-refractivity contribution in [3.8, 4) is 0 Å². The Morgan fingerprint density at radius 3 is 2.56 bits per heavy atom. The number of fused-ring (bicyclic) bond motifs is 1. The SMILES string of the molecule is Cc1ccc2c(CN3CCN(c4cccc(Cl)c4)CC3)cc(=O)oc2c1C. The van der Waals surface area contributed by atoms with Crippen LogP contribution in [0.2, 0.25) is 5.02 Å². The van der Waals surface area contributed by atoms with Crippen molar-refractivity contribution in [2.24, 2.45) is 0 Å². The van der Waals surface area contributed by atoms with Crippen molar-refractivity contribution < 1.29 is 4.42 Å². The lowest BCUT2D eigenvalue weighted by Gasteiger charge is -2.36. The molecule has 2 aromatic carbocycles. The number of rotatable bonds is 3. The van der Waals surface area contributed by atoms with E-state index in [-0.39, 0.29) is 5.63 Å². The summed E-state index contributed by atoms with van der Waals surface area (Å²) in [7, 11) is 0. The molecule has 0 aliphatic carbocycles. The van der Waals surface area contributed by atoms with Crippen molar-refractivity contribution in [1.29, 1.82) is 0 Å². The fourth-order valence-electron chi connectivity index (χ4n) is 3.73. The van der Waals surface area contributed by atoms with Crippen molar-refractivity contribution >= 4 is 28.3 Å². The molecule has 0 spiro atoms. The smallest absolute Gasteiger partial charge is 0.336 e. The normalized spacial score (nSPS) is 15.4. The third-order valence-electron chi connectivity index (χ3n) is 5.46. The largest absolute Gasteiger partial charge is 0.422 e. The van der Waals surface area contributed by atoms with Crippen LogP contribution in [-0.2, 0) is 6.54 Å². The number of anilines is 1. The summed E-state index contributed by atoms with van der Waals surface area (Å²) in [4.78, 5) is 16.8. The predicted octanol–water partition coefficient (Wildman–Crippen LogP) is 4.39. The molecule has 27 heavy (non-hydrogen) atoms. The second-order valence-electron chi connectivity index (χ2n) is 7.22. The van der Waals surface area contributed by atoms with E-state index in [1.54, 1.807) is 6.07 Å². The third kappa shape index (κ3) is 3.73. The number of hydrogen-bond acceptors (Lipinski definition) is 4. The van der Waals surface area contributed by atoms with E-state index in [1.807, 2.05) is 32.0 Å². The van der Waals surface area contributed by atoms with Gasteiger partial charge in [0.15, 0.2) is 0 Å². The summed E-state index contributed by atoms with van der Waals surface area (Å²) < 4.78 is 5.49. The van der Waals surface area contributed by atoms with E-state index >= 15 is 0 Å². The molecule has 0 N–H and O–H groups in total. The topological polar surface area (TPSA) is 36.7 Å². The van der Waals surface area contributed by atoms with E-state index in [0.29, 0.717) is 0 Å². The summed E-state index contributed by atoms with van der Waals surface area (Å²) in [6.07, 6.45) is 0. The Hall–Kier alpha value is -2.30. The molecular weight excluding hydrogens is 360 g/mol. The van der Waals surface area contributed by atoms with Gasteiger partial charge in [0.1, 0.15) is 5.58 Å². The fourth-order valence-corrected chi connectivity index (χ4v) is 3.92. The molecule has 1 saturated heterocycles. The average molecular weight is 383 g/mol. The van der Waals surface area contributed by atoms with Gasteiger partial charge in [0.05, 0.1) is 0 Å². The highest BCUT2D eigenvalue weighted by Gasteiger charge is 2.19. The molecule has 1 aliphatic heterocycles. The van der Waals surface area contributed by atoms with Crippen molar-refractivity contribution in [2.45, 2.75) is 20.4 Å². The van der Waals surface area contributed by atoms with Crippen LogP contribution < -0.4 is 10.5 Å². The molecule has 0 unspecified atom stereocenters. The molecular formula is C22H23ClN2O2. The number of halogens is 1. The Kier molecular flexibility index (Phi) is 4.94. The molecule has 3 aromatic rings. The Labute approximate surface area is 164 Å². The lowest BCUT2D eigenvalue weighted by atomic mass is 10.0. The van der Waals surface area contributed by atoms with Gasteiger partial charge in [0.25, 0.3) is 0 Å². The highest BCUT2D eigenvalue weighted by Crippen LogP contribution is 2.25. The molecule has 0 radical (unpaired) electrons. The zero-order valence-electron chi connectivity index (χ0n) is 15.7. The summed E-state index contributed by atoms with van der Waals surface area (Å²) in [5.41, 5.74) is 4.83. The van der Waals surface area contributed by atoms with Gasteiger partial charge < -0.3 is 9.32 Å². The van der Waals surface area contributed by atoms with Crippen molar-refractivity contribution in [3.05, 3.63) is 74.6 Å². The first kappa shape index (κ1) is 18.1. The first-order valence-electron chi connectivity index (χ1n) is 9.27. The van der Waals surface area contributed by atoms with Gasteiger partial charge >= 0.3 is 5.63 Å². The van der Waals surface area contributed by atoms with Gasteiger partial charge in [0.2, 0.25) is 0 Å². The van der Waals surface area contributed by atoms with Crippen LogP contribution >= 0.6 is 11.6 Å². The van der Waals surface area contributed by atoms with Crippen LogP contribution in [0.5, 0.6) is 0 Å². The van der Waals surface area contributed by atoms with E-state index in [4.69, 9.17) is 16.0 Å². The Balaban J connectivity index is 1.53. The number of nitrogens with zero attached hydrogens (tertiary/aromatic N) is 2. The molecule has 140 valence electrons. The highest BCUT2D eigenvalue weighted by atomic mass is 35.5. The van der Waals surface area contributed by atoms with Crippen LogP contribution in [0.4, 0.5) is 5.69 Å². The number of benzene rings is 2. The van der Waals surface area contributed by atoms with E-state index < -0.39 is 0 Å². The quantitative estimate of drug-likeness (QED) is 0.630. The summed E-state index contributed by atoms with van der Waals surface area (Å²) in [5, 5.41) is 1.80. The molecule has 0 saturated carbocycles. The van der Waals surface area contributed by atoms with E-state index in [9.17, 15) is 4.79 Å². The Morgan fingerprint density at radius 1 is 1.04 bits per heavy atom. The molecule has 4 rings (SSSR count). The van der Waals surface area contributed by atoms with Gasteiger partial charge in [-0.2, -0.15) is 0 Å². The van der Waals surface area contributed by atoms with Crippen LogP contribution in [0.15, 0.2) is 51.7 Å². The van der Waals surface area contributed by atoms with E-state index in [0.717, 1.165) is 65.4 Å². The molecule has 1 aliphatic rings. The fraction of sp³-hybridized carbons (Fsp3) is 0.318. The highest BCUT2D eigenvalue weighted by molar-refractivity contribution is 6.30. The zero-order chi connectivity index (χ0) is 19.0. The molecule has 2 heterocycles. The van der Waals surface area contributed by atoms with Gasteiger partial charge in [0, 0.05) is 54.9 Å². The first-order valence-corrected chi connectivity index (χ1v) is 9.65. The number of hydrogen-bond donors (Lipinski definition) is 0. The molecule has 5 heteroatoms.